The van der Waals surface area contributed by atoms with Gasteiger partial charge < -0.3 is 10.2 Å². The maximum Gasteiger partial charge on any atom is 0.123 e. The fourth-order valence-electron chi connectivity index (χ4n) is 1.58. The Hall–Kier alpha value is -2.22. The Kier molecular flexibility index (Phi) is 2.92. The summed E-state index contributed by atoms with van der Waals surface area (Å²) in [5, 5.41) is 18.3. The van der Waals surface area contributed by atoms with E-state index in [1.54, 1.807) is 18.2 Å². The third-order valence-corrected chi connectivity index (χ3v) is 2.39. The number of hydrogen-bond donors (Lipinski definition) is 2. The Balaban J connectivity index is 2.39. The monoisotopic (exact) mass is 212 g/mol. The van der Waals surface area contributed by atoms with Gasteiger partial charge in [0, 0.05) is 5.56 Å². The van der Waals surface area contributed by atoms with Crippen molar-refractivity contribution in [1.29, 1.82) is 0 Å². The first-order chi connectivity index (χ1) is 7.81. The van der Waals surface area contributed by atoms with E-state index in [1.807, 2.05) is 36.4 Å². The molecule has 2 aromatic carbocycles. The molecule has 2 rings (SSSR count). The molecular formula is C14H12O2. The minimum atomic E-state index is 0.271. The molecule has 0 aliphatic carbocycles. The van der Waals surface area contributed by atoms with E-state index in [0.29, 0.717) is 0 Å². The van der Waals surface area contributed by atoms with E-state index in [4.69, 9.17) is 5.11 Å². The molecule has 0 heterocycles. The molecule has 0 amide bonds. The van der Waals surface area contributed by atoms with E-state index < -0.39 is 0 Å². The van der Waals surface area contributed by atoms with E-state index >= 15 is 0 Å². The first kappa shape index (κ1) is 10.3. The van der Waals surface area contributed by atoms with Crippen LogP contribution in [-0.2, 0) is 0 Å². The predicted octanol–water partition coefficient (Wildman–Crippen LogP) is 3.59. The maximum absolute atomic E-state index is 9.68. The Morgan fingerprint density at radius 3 is 2.19 bits per heavy atom. The number of aromatic hydroxyl groups is 1. The van der Waals surface area contributed by atoms with Crippen LogP contribution in [0.1, 0.15) is 5.56 Å². The lowest BCUT2D eigenvalue weighted by Gasteiger charge is -2.04. The standard InChI is InChI=1S/C14H12O2/c15-10-9-11-5-7-12(8-6-11)13-3-1-2-4-14(13)16/h1-10,15-16H. The summed E-state index contributed by atoms with van der Waals surface area (Å²) >= 11 is 0. The molecule has 16 heavy (non-hydrogen) atoms. The maximum atomic E-state index is 9.68. The number of phenols is 1. The first-order valence-electron chi connectivity index (χ1n) is 5.00. The van der Waals surface area contributed by atoms with Crippen LogP contribution < -0.4 is 0 Å². The molecular weight excluding hydrogens is 200 g/mol. The van der Waals surface area contributed by atoms with Crippen LogP contribution in [0.2, 0.25) is 0 Å². The van der Waals surface area contributed by atoms with Crippen LogP contribution in [0.4, 0.5) is 0 Å². The molecule has 2 nitrogen and oxygen atoms in total. The van der Waals surface area contributed by atoms with Gasteiger partial charge >= 0.3 is 0 Å². The molecule has 0 saturated heterocycles. The van der Waals surface area contributed by atoms with Crippen molar-refractivity contribution in [3.8, 4) is 16.9 Å². The van der Waals surface area contributed by atoms with Gasteiger partial charge in [-0.1, -0.05) is 42.5 Å². The molecule has 0 unspecified atom stereocenters. The average Bonchev–Trinajstić information content (AvgIpc) is 2.31. The van der Waals surface area contributed by atoms with Gasteiger partial charge in [0.2, 0.25) is 0 Å². The fraction of sp³-hybridized carbons (Fsp3) is 0. The van der Waals surface area contributed by atoms with E-state index in [-0.39, 0.29) is 5.75 Å². The number of phenolic OH excluding ortho intramolecular Hbond substituents is 1. The largest absolute Gasteiger partial charge is 0.516 e. The van der Waals surface area contributed by atoms with Crippen molar-refractivity contribution in [2.45, 2.75) is 0 Å². The van der Waals surface area contributed by atoms with Crippen LogP contribution in [0.15, 0.2) is 54.8 Å². The summed E-state index contributed by atoms with van der Waals surface area (Å²) in [6.45, 7) is 0. The molecule has 0 aromatic heterocycles. The van der Waals surface area contributed by atoms with Crippen LogP contribution in [0.25, 0.3) is 17.2 Å². The molecule has 0 bridgehead atoms. The highest BCUT2D eigenvalue weighted by molar-refractivity contribution is 5.71. The molecule has 0 aliphatic rings. The Bertz CT molecular complexity index is 498. The van der Waals surface area contributed by atoms with Gasteiger partial charge in [0.15, 0.2) is 0 Å². The normalized spacial score (nSPS) is 10.8. The van der Waals surface area contributed by atoms with Gasteiger partial charge in [0.1, 0.15) is 5.75 Å². The van der Waals surface area contributed by atoms with E-state index in [9.17, 15) is 5.11 Å². The molecule has 0 atom stereocenters. The third kappa shape index (κ3) is 2.06. The van der Waals surface area contributed by atoms with E-state index in [1.165, 1.54) is 0 Å². The highest BCUT2D eigenvalue weighted by Gasteiger charge is 2.01. The highest BCUT2D eigenvalue weighted by Crippen LogP contribution is 2.28. The quantitative estimate of drug-likeness (QED) is 0.747. The Morgan fingerprint density at radius 1 is 0.875 bits per heavy atom. The zero-order valence-electron chi connectivity index (χ0n) is 8.67. The summed E-state index contributed by atoms with van der Waals surface area (Å²) < 4.78 is 0. The summed E-state index contributed by atoms with van der Waals surface area (Å²) in [5.74, 6) is 0.271. The first-order valence-corrected chi connectivity index (χ1v) is 5.00. The fourth-order valence-corrected chi connectivity index (χ4v) is 1.58. The molecule has 0 radical (unpaired) electrons. The van der Waals surface area contributed by atoms with Gasteiger partial charge in [-0.2, -0.15) is 0 Å². The zero-order valence-corrected chi connectivity index (χ0v) is 8.67. The smallest absolute Gasteiger partial charge is 0.123 e. The minimum Gasteiger partial charge on any atom is -0.516 e. The van der Waals surface area contributed by atoms with Crippen molar-refractivity contribution in [2.75, 3.05) is 0 Å². The zero-order chi connectivity index (χ0) is 11.4. The van der Waals surface area contributed by atoms with Gasteiger partial charge in [0.05, 0.1) is 6.26 Å². The lowest BCUT2D eigenvalue weighted by Crippen LogP contribution is -1.79. The number of aliphatic hydroxyl groups excluding tert-OH is 1. The van der Waals surface area contributed by atoms with Crippen molar-refractivity contribution in [1.82, 2.24) is 0 Å². The van der Waals surface area contributed by atoms with Gasteiger partial charge in [-0.3, -0.25) is 0 Å². The number of hydrogen-bond acceptors (Lipinski definition) is 2. The summed E-state index contributed by atoms with van der Waals surface area (Å²) in [7, 11) is 0. The van der Waals surface area contributed by atoms with Crippen LogP contribution in [0, 0.1) is 0 Å². The number of para-hydroxylation sites is 1. The molecule has 2 heteroatoms. The Labute approximate surface area is 94.1 Å². The molecule has 2 N–H and O–H groups in total. The van der Waals surface area contributed by atoms with Gasteiger partial charge in [0.25, 0.3) is 0 Å². The molecule has 0 fully saturated rings. The second-order valence-corrected chi connectivity index (χ2v) is 3.45. The number of rotatable bonds is 2. The second kappa shape index (κ2) is 4.53. The van der Waals surface area contributed by atoms with Gasteiger partial charge in [-0.15, -0.1) is 0 Å². The van der Waals surface area contributed by atoms with Crippen LogP contribution in [0.5, 0.6) is 5.75 Å². The molecule has 80 valence electrons. The van der Waals surface area contributed by atoms with Crippen molar-refractivity contribution >= 4 is 6.08 Å². The van der Waals surface area contributed by atoms with E-state index in [0.717, 1.165) is 23.0 Å². The number of benzene rings is 2. The molecule has 0 aliphatic heterocycles. The number of aliphatic hydroxyl groups is 1. The molecule has 2 aromatic rings. The summed E-state index contributed by atoms with van der Waals surface area (Å²) in [6, 6.07) is 14.8. The lowest BCUT2D eigenvalue weighted by atomic mass is 10.0. The molecule has 0 spiro atoms. The van der Waals surface area contributed by atoms with Gasteiger partial charge in [-0.25, -0.2) is 0 Å². The van der Waals surface area contributed by atoms with E-state index in [2.05, 4.69) is 0 Å². The van der Waals surface area contributed by atoms with Crippen molar-refractivity contribution in [2.24, 2.45) is 0 Å². The minimum absolute atomic E-state index is 0.271. The predicted molar refractivity (Wildman–Crippen MR) is 65.2 cm³/mol. The molecule has 0 saturated carbocycles. The SMILES string of the molecule is OC=Cc1ccc(-c2ccccc2O)cc1. The van der Waals surface area contributed by atoms with Crippen molar-refractivity contribution in [3.63, 3.8) is 0 Å². The van der Waals surface area contributed by atoms with Gasteiger partial charge in [-0.05, 0) is 23.3 Å². The highest BCUT2D eigenvalue weighted by atomic mass is 16.3. The van der Waals surface area contributed by atoms with Crippen molar-refractivity contribution in [3.05, 3.63) is 60.4 Å². The lowest BCUT2D eigenvalue weighted by molar-refractivity contribution is 0.477. The summed E-state index contributed by atoms with van der Waals surface area (Å²) in [6.07, 6.45) is 2.61. The Morgan fingerprint density at radius 2 is 1.56 bits per heavy atom. The summed E-state index contributed by atoms with van der Waals surface area (Å²) in [5.41, 5.74) is 2.68. The van der Waals surface area contributed by atoms with Crippen molar-refractivity contribution < 1.29 is 10.2 Å². The topological polar surface area (TPSA) is 40.5 Å². The van der Waals surface area contributed by atoms with Crippen LogP contribution in [-0.4, -0.2) is 10.2 Å². The van der Waals surface area contributed by atoms with Crippen LogP contribution in [0.3, 0.4) is 0 Å². The average molecular weight is 212 g/mol. The third-order valence-electron chi connectivity index (χ3n) is 2.39. The van der Waals surface area contributed by atoms with Crippen LogP contribution >= 0.6 is 0 Å². The second-order valence-electron chi connectivity index (χ2n) is 3.45. The summed E-state index contributed by atoms with van der Waals surface area (Å²) in [4.78, 5) is 0.